The molecule has 8 nitrogen and oxygen atoms in total. The Labute approximate surface area is 303 Å². The molecule has 9 heteroatoms. The topological polar surface area (TPSA) is 66.4 Å². The first-order chi connectivity index (χ1) is 24.8. The first-order valence-electron chi connectivity index (χ1n) is 19.8. The van der Waals surface area contributed by atoms with E-state index in [2.05, 4.69) is 93.5 Å². The van der Waals surface area contributed by atoms with Gasteiger partial charge in [-0.2, -0.15) is 15.3 Å². The molecule has 3 aromatic rings. The van der Waals surface area contributed by atoms with Crippen LogP contribution < -0.4 is 10.0 Å². The van der Waals surface area contributed by atoms with Gasteiger partial charge in [0.2, 0.25) is 0 Å². The molecule has 1 N–H and O–H groups in total. The predicted octanol–water partition coefficient (Wildman–Crippen LogP) is 7.30. The van der Waals surface area contributed by atoms with Crippen LogP contribution in [0.15, 0.2) is 71.0 Å². The first-order valence-corrected chi connectivity index (χ1v) is 19.8. The maximum absolute atomic E-state index is 12.6. The number of anilines is 2. The van der Waals surface area contributed by atoms with Crippen molar-refractivity contribution < 1.29 is 4.39 Å². The number of fused-ring (bicyclic) bond motifs is 7. The minimum atomic E-state index is -0.195. The number of aromatic amines is 1. The molecule has 51 heavy (non-hydrogen) atoms. The van der Waals surface area contributed by atoms with Gasteiger partial charge >= 0.3 is 0 Å². The van der Waals surface area contributed by atoms with Crippen LogP contribution in [0, 0.1) is 47.2 Å². The molecule has 13 rings (SSSR count). The molecule has 7 fully saturated rings. The number of H-pyrrole nitrogens is 1. The SMILES string of the molecule is C1=NN(c2ccccc2)C2CC12.CC1C2CC2CN1C.CC1CCC2C(C)C3CC3N2C1.Fc1ccc(N2N=CC3CC32)cc1.c1n[nH]c2c1C2. The highest BCUT2D eigenvalue weighted by Gasteiger charge is 2.57. The summed E-state index contributed by atoms with van der Waals surface area (Å²) in [6.45, 7) is 10.0. The average molecular weight is 691 g/mol. The van der Waals surface area contributed by atoms with E-state index in [4.69, 9.17) is 0 Å². The lowest BCUT2D eigenvalue weighted by molar-refractivity contribution is 0.109. The zero-order valence-corrected chi connectivity index (χ0v) is 30.7. The normalized spacial score (nSPS) is 38.4. The van der Waals surface area contributed by atoms with Gasteiger partial charge < -0.3 is 4.90 Å². The van der Waals surface area contributed by atoms with Crippen molar-refractivity contribution in [3.63, 3.8) is 0 Å². The summed E-state index contributed by atoms with van der Waals surface area (Å²) in [5.41, 5.74) is 4.91. The van der Waals surface area contributed by atoms with Gasteiger partial charge in [0.25, 0.3) is 0 Å². The van der Waals surface area contributed by atoms with Gasteiger partial charge in [0.05, 0.1) is 29.7 Å². The lowest BCUT2D eigenvalue weighted by atomic mass is 9.88. The van der Waals surface area contributed by atoms with Crippen LogP contribution in [0.2, 0.25) is 0 Å². The second-order valence-electron chi connectivity index (χ2n) is 17.1. The minimum absolute atomic E-state index is 0.195. The molecule has 1 aromatic heterocycles. The standard InChI is InChI=1S/C11H19N.C10H9FN2.C10H10N2.C7H13N.C4H4N2/c1-7-3-4-10-8(2)9-5-11(9)12(10)6-7;11-8-1-3-9(4-2-8)13-10-5-7(10)6-12-13;1-2-4-9(5-3-1)12-10-6-8(10)7-11-12;1-5-7-3-6(7)4-8(5)2;1-3-2-5-6-4(1)3/h7-11H,3-6H2,1-2H3;1-4,6-7,10H,5H2;1-5,7-8,10H,6H2;5-7H,3-4H2,1-2H3;2H,1H2,(H,5,6). The second-order valence-corrected chi connectivity index (χ2v) is 17.1. The molecule has 0 bridgehead atoms. The molecule has 6 heterocycles. The number of likely N-dealkylation sites (tertiary alicyclic amines) is 1. The first kappa shape index (κ1) is 33.3. The molecular formula is C42H55FN8. The highest BCUT2D eigenvalue weighted by molar-refractivity contribution is 5.75. The molecule has 3 saturated heterocycles. The Balaban J connectivity index is 0.0000000872. The monoisotopic (exact) mass is 690 g/mol. The van der Waals surface area contributed by atoms with Crippen LogP contribution in [0.5, 0.6) is 0 Å². The van der Waals surface area contributed by atoms with Gasteiger partial charge in [0.1, 0.15) is 5.82 Å². The highest BCUT2D eigenvalue weighted by atomic mass is 19.1. The zero-order chi connectivity index (χ0) is 34.8. The van der Waals surface area contributed by atoms with Gasteiger partial charge in [-0.15, -0.1) is 0 Å². The van der Waals surface area contributed by atoms with E-state index >= 15 is 0 Å². The Morgan fingerprint density at radius 1 is 0.725 bits per heavy atom. The van der Waals surface area contributed by atoms with Gasteiger partial charge in [-0.3, -0.25) is 20.0 Å². The maximum Gasteiger partial charge on any atom is 0.123 e. The Morgan fingerprint density at radius 3 is 1.88 bits per heavy atom. The number of hydrogen-bond acceptors (Lipinski definition) is 7. The minimum Gasteiger partial charge on any atom is -0.303 e. The number of hydrogen-bond donors (Lipinski definition) is 1. The molecule has 270 valence electrons. The third-order valence-electron chi connectivity index (χ3n) is 13.4. The molecule has 0 radical (unpaired) electrons. The Morgan fingerprint density at radius 2 is 1.41 bits per heavy atom. The Hall–Kier alpha value is -3.56. The number of piperidine rings is 3. The van der Waals surface area contributed by atoms with Crippen LogP contribution in [0.1, 0.15) is 70.6 Å². The Kier molecular flexibility index (Phi) is 8.78. The molecule has 12 atom stereocenters. The molecule has 0 amide bonds. The van der Waals surface area contributed by atoms with Crippen LogP contribution >= 0.6 is 0 Å². The van der Waals surface area contributed by atoms with Crippen molar-refractivity contribution in [2.24, 2.45) is 51.6 Å². The summed E-state index contributed by atoms with van der Waals surface area (Å²) in [5, 5.41) is 19.3. The van der Waals surface area contributed by atoms with Crippen LogP contribution in [-0.4, -0.2) is 82.8 Å². The predicted molar refractivity (Wildman–Crippen MR) is 204 cm³/mol. The fourth-order valence-corrected chi connectivity index (χ4v) is 9.55. The lowest BCUT2D eigenvalue weighted by Gasteiger charge is -2.37. The molecule has 4 saturated carbocycles. The summed E-state index contributed by atoms with van der Waals surface area (Å²) in [6.07, 6.45) is 15.6. The van der Waals surface area contributed by atoms with Crippen LogP contribution in [-0.2, 0) is 6.42 Å². The number of para-hydroxylation sites is 1. The number of aromatic nitrogens is 2. The zero-order valence-electron chi connectivity index (χ0n) is 30.7. The summed E-state index contributed by atoms with van der Waals surface area (Å²) in [5.74, 6) is 6.44. The maximum atomic E-state index is 12.6. The van der Waals surface area contributed by atoms with Crippen molar-refractivity contribution in [2.45, 2.75) is 95.9 Å². The van der Waals surface area contributed by atoms with E-state index in [1.165, 1.54) is 80.7 Å². The molecular weight excluding hydrogens is 636 g/mol. The average Bonchev–Trinajstić information content (AvgIpc) is 4.00. The van der Waals surface area contributed by atoms with Crippen LogP contribution in [0.4, 0.5) is 15.8 Å². The third kappa shape index (κ3) is 7.13. The second kappa shape index (κ2) is 13.4. The molecule has 2 aromatic carbocycles. The fraction of sp³-hybridized carbons (Fsp3) is 0.595. The number of nitrogens with one attached hydrogen (secondary N) is 1. The number of rotatable bonds is 2. The number of halogens is 1. The van der Waals surface area contributed by atoms with E-state index in [0.717, 1.165) is 65.7 Å². The van der Waals surface area contributed by atoms with Gasteiger partial charge in [0, 0.05) is 67.6 Å². The van der Waals surface area contributed by atoms with Crippen molar-refractivity contribution in [3.8, 4) is 0 Å². The summed E-state index contributed by atoms with van der Waals surface area (Å²) in [6, 6.07) is 21.0. The quantitative estimate of drug-likeness (QED) is 0.239. The van der Waals surface area contributed by atoms with E-state index in [1.807, 2.05) is 23.5 Å². The van der Waals surface area contributed by atoms with Crippen LogP contribution in [0.3, 0.4) is 0 Å². The molecule has 0 spiro atoms. The molecule has 12 unspecified atom stereocenters. The summed E-state index contributed by atoms with van der Waals surface area (Å²) in [7, 11) is 2.23. The summed E-state index contributed by atoms with van der Waals surface area (Å²) < 4.78 is 12.6. The van der Waals surface area contributed by atoms with Gasteiger partial charge in [0.15, 0.2) is 0 Å². The summed E-state index contributed by atoms with van der Waals surface area (Å²) in [4.78, 5) is 5.29. The number of hydrazone groups is 2. The van der Waals surface area contributed by atoms with Crippen LogP contribution in [0.25, 0.3) is 0 Å². The highest BCUT2D eigenvalue weighted by Crippen LogP contribution is 2.54. The van der Waals surface area contributed by atoms with E-state index in [1.54, 1.807) is 12.1 Å². The smallest absolute Gasteiger partial charge is 0.123 e. The van der Waals surface area contributed by atoms with Crippen molar-refractivity contribution in [3.05, 3.63) is 77.9 Å². The number of nitrogens with zero attached hydrogens (tertiary/aromatic N) is 7. The summed E-state index contributed by atoms with van der Waals surface area (Å²) >= 11 is 0. The van der Waals surface area contributed by atoms with E-state index < -0.39 is 0 Å². The third-order valence-corrected chi connectivity index (χ3v) is 13.4. The van der Waals surface area contributed by atoms with Crippen molar-refractivity contribution >= 4 is 23.8 Å². The van der Waals surface area contributed by atoms with E-state index in [0.29, 0.717) is 18.0 Å². The van der Waals surface area contributed by atoms with Crippen molar-refractivity contribution in [1.29, 1.82) is 0 Å². The van der Waals surface area contributed by atoms with Gasteiger partial charge in [-0.25, -0.2) is 4.39 Å². The van der Waals surface area contributed by atoms with E-state index in [-0.39, 0.29) is 5.82 Å². The van der Waals surface area contributed by atoms with E-state index in [9.17, 15) is 4.39 Å². The largest absolute Gasteiger partial charge is 0.303 e. The van der Waals surface area contributed by atoms with Crippen molar-refractivity contribution in [1.82, 2.24) is 20.0 Å². The number of benzene rings is 2. The van der Waals surface area contributed by atoms with Crippen molar-refractivity contribution in [2.75, 3.05) is 30.2 Å². The fourth-order valence-electron chi connectivity index (χ4n) is 9.55. The van der Waals surface area contributed by atoms with Gasteiger partial charge in [-0.05, 0) is 124 Å². The molecule has 5 aliphatic heterocycles. The lowest BCUT2D eigenvalue weighted by Crippen LogP contribution is -2.42. The van der Waals surface area contributed by atoms with Gasteiger partial charge in [-0.1, -0.05) is 32.0 Å². The Bertz CT molecular complexity index is 1710. The molecule has 5 aliphatic carbocycles. The molecule has 10 aliphatic rings.